The summed E-state index contributed by atoms with van der Waals surface area (Å²) in [6, 6.07) is 132. The van der Waals surface area contributed by atoms with Crippen molar-refractivity contribution in [1.82, 2.24) is 0 Å². The number of hydrogen-bond acceptors (Lipinski definition) is 0. The molecule has 22 aromatic rings. The van der Waals surface area contributed by atoms with E-state index in [2.05, 4.69) is 366 Å². The average Bonchev–Trinajstić information content (AvgIpc) is 1.50. The number of benzene rings is 18. The first-order chi connectivity index (χ1) is 58.2. The molecular formula is C114H84P4. The van der Waals surface area contributed by atoms with Gasteiger partial charge in [0.15, 0.2) is 0 Å². The molecule has 0 aliphatic heterocycles. The first-order valence-electron chi connectivity index (χ1n) is 42.6. The van der Waals surface area contributed by atoms with Crippen molar-refractivity contribution in [2.75, 3.05) is 0 Å². The minimum atomic E-state index is -0.496. The second-order valence-corrected chi connectivity index (χ2v) is 42.6. The van der Waals surface area contributed by atoms with Crippen LogP contribution in [0, 0.1) is 0 Å². The molecule has 4 aromatic heterocycles. The first kappa shape index (κ1) is 69.3. The molecule has 0 radical (unpaired) electrons. The van der Waals surface area contributed by atoms with Crippen LogP contribution in [0.2, 0.25) is 0 Å². The van der Waals surface area contributed by atoms with E-state index in [0.717, 1.165) is 0 Å². The summed E-state index contributed by atoms with van der Waals surface area (Å²) in [5.41, 5.74) is 28.3. The van der Waals surface area contributed by atoms with E-state index in [1.165, 1.54) is 290 Å². The summed E-state index contributed by atoms with van der Waals surface area (Å²) in [4.78, 5) is 0. The Bertz CT molecular complexity index is 7770. The van der Waals surface area contributed by atoms with Gasteiger partial charge in [-0.3, -0.25) is 0 Å². The number of rotatable bonds is 6. The van der Waals surface area contributed by atoms with Crippen molar-refractivity contribution in [2.24, 2.45) is 26.7 Å². The maximum absolute atomic E-state index is 2.58. The second-order valence-electron chi connectivity index (χ2n) is 34.3. The van der Waals surface area contributed by atoms with Gasteiger partial charge in [0, 0.05) is 62.5 Å². The van der Waals surface area contributed by atoms with Gasteiger partial charge in [-0.15, -0.1) is 30.1 Å². The molecular weight excluding hydrogens is 1490 g/mol. The fraction of sp³-hybridized carbons (Fsp3) is 0.123. The molecule has 4 aliphatic rings. The molecule has 0 nitrogen and oxygen atoms in total. The Morgan fingerprint density at radius 1 is 0.178 bits per heavy atom. The van der Waals surface area contributed by atoms with Gasteiger partial charge in [0.25, 0.3) is 0 Å². The third kappa shape index (κ3) is 9.59. The highest BCUT2D eigenvalue weighted by atomic mass is 31.1. The highest BCUT2D eigenvalue weighted by Gasteiger charge is 2.48. The zero-order chi connectivity index (χ0) is 78.0. The molecule has 2 spiro atoms. The lowest BCUT2D eigenvalue weighted by molar-refractivity contribution is 0.550. The van der Waals surface area contributed by atoms with Gasteiger partial charge in [0.2, 0.25) is 0 Å². The molecule has 18 aromatic carbocycles. The monoisotopic (exact) mass is 1580 g/mol. The van der Waals surface area contributed by atoms with Crippen molar-refractivity contribution >= 4 is 157 Å². The minimum Gasteiger partial charge on any atom is -0.112 e. The molecule has 4 heterocycles. The second kappa shape index (κ2) is 26.4. The van der Waals surface area contributed by atoms with Crippen LogP contribution in [0.1, 0.15) is 73.6 Å². The number of fused-ring (bicyclic) bond motifs is 26. The average molecular weight is 1580 g/mol. The van der Waals surface area contributed by atoms with E-state index in [0.29, 0.717) is 0 Å². The largest absolute Gasteiger partial charge is 0.112 e. The van der Waals surface area contributed by atoms with Crippen LogP contribution in [0.25, 0.3) is 216 Å². The van der Waals surface area contributed by atoms with Gasteiger partial charge < -0.3 is 0 Å². The summed E-state index contributed by atoms with van der Waals surface area (Å²) in [5, 5.41) is 33.9. The fourth-order valence-electron chi connectivity index (χ4n) is 24.1. The molecule has 0 amide bonds. The number of aryl methyl sites for hydroxylation is 4. The molecule has 0 bridgehead atoms. The topological polar surface area (TPSA) is 0 Å². The third-order valence-electron chi connectivity index (χ3n) is 29.0. The van der Waals surface area contributed by atoms with Gasteiger partial charge in [-0.25, -0.2) is 0 Å². The van der Waals surface area contributed by atoms with E-state index < -0.39 is 30.1 Å². The molecule has 4 unspecified atom stereocenters. The van der Waals surface area contributed by atoms with Gasteiger partial charge in [0.1, 0.15) is 0 Å². The van der Waals surface area contributed by atoms with Crippen molar-refractivity contribution in [3.63, 3.8) is 0 Å². The first-order valence-corrected chi connectivity index (χ1v) is 49.7. The van der Waals surface area contributed by atoms with Crippen LogP contribution in [0.5, 0.6) is 0 Å². The Hall–Kier alpha value is -11.8. The summed E-state index contributed by atoms with van der Waals surface area (Å²) in [6.07, 6.45) is 10.1. The van der Waals surface area contributed by atoms with Gasteiger partial charge in [0.05, 0.1) is 0 Å². The van der Waals surface area contributed by atoms with Crippen LogP contribution in [-0.4, -0.2) is 0 Å². The van der Waals surface area contributed by atoms with Crippen molar-refractivity contribution in [2.45, 2.75) is 62.2 Å². The van der Waals surface area contributed by atoms with Crippen LogP contribution in [0.4, 0.5) is 0 Å². The van der Waals surface area contributed by atoms with Gasteiger partial charge in [-0.05, 0) is 251 Å². The quantitative estimate of drug-likeness (QED) is 0.146. The molecule has 4 heteroatoms. The highest BCUT2D eigenvalue weighted by molar-refractivity contribution is 7.61. The van der Waals surface area contributed by atoms with Crippen LogP contribution < -0.4 is 0 Å². The van der Waals surface area contributed by atoms with E-state index >= 15 is 0 Å². The minimum absolute atomic E-state index is 0.103. The summed E-state index contributed by atoms with van der Waals surface area (Å²) in [6.45, 7) is 9.81. The van der Waals surface area contributed by atoms with E-state index in [1.807, 2.05) is 0 Å². The van der Waals surface area contributed by atoms with E-state index in [9.17, 15) is 0 Å². The molecule has 118 heavy (non-hydrogen) atoms. The van der Waals surface area contributed by atoms with Crippen molar-refractivity contribution < 1.29 is 0 Å². The standard InChI is InChI=1S/2C57H42P2/c1-58-51-30-7-4-16-37(51)43-25-13-23-41(55(43)58)35-19-11-21-39-47(35)34-48-36(42-24-14-26-44-38-17-5-8-31-52(38)59(2)56(42)44)20-12-22-40(48)53(39)46-27-15-29-50-54(46)45-18-3-6-28-49(45)57(50)32-9-10-33-57;1-58-49-28-7-4-17-42(49)55-37(23-14-30-51(55)58)35-19-11-21-39-45(35)34-46-36(38-24-15-31-52-56(38)43-18-5-8-29-50(43)59(52)2)20-12-22-40(46)53(39)44-25-13-27-48-54(44)41-16-3-6-26-47(41)57(48)32-9-10-33-57/h2*3-8,11-31,34H,9-10,32-33H2,1-2H3. The van der Waals surface area contributed by atoms with Crippen molar-refractivity contribution in [1.29, 1.82) is 0 Å². The summed E-state index contributed by atoms with van der Waals surface area (Å²) >= 11 is 0. The predicted octanol–water partition coefficient (Wildman–Crippen LogP) is 35.0. The number of hydrogen-bond donors (Lipinski definition) is 0. The van der Waals surface area contributed by atoms with Crippen LogP contribution in [0.3, 0.4) is 0 Å². The maximum Gasteiger partial charge on any atom is 0.0215 e. The molecule has 0 saturated heterocycles. The Morgan fingerprint density at radius 2 is 0.432 bits per heavy atom. The molecule has 4 aliphatic carbocycles. The zero-order valence-electron chi connectivity index (χ0n) is 66.8. The zero-order valence-corrected chi connectivity index (χ0v) is 70.4. The summed E-state index contributed by atoms with van der Waals surface area (Å²) < 4.78 is 0. The fourth-order valence-corrected chi connectivity index (χ4v) is 32.5. The molecule has 4 atom stereocenters. The Morgan fingerprint density at radius 3 is 0.822 bits per heavy atom. The van der Waals surface area contributed by atoms with Crippen LogP contribution >= 0.6 is 30.1 Å². The lowest BCUT2D eigenvalue weighted by atomic mass is 9.76. The normalized spacial score (nSPS) is 15.1. The van der Waals surface area contributed by atoms with Crippen molar-refractivity contribution in [3.05, 3.63) is 362 Å². The maximum atomic E-state index is 2.58. The van der Waals surface area contributed by atoms with Gasteiger partial charge in [-0.1, -0.05) is 353 Å². The molecule has 2 saturated carbocycles. The lowest BCUT2D eigenvalue weighted by Crippen LogP contribution is -2.20. The third-order valence-corrected chi connectivity index (χ3v) is 38.0. The smallest absolute Gasteiger partial charge is 0.0215 e. The lowest BCUT2D eigenvalue weighted by Gasteiger charge is -2.27. The van der Waals surface area contributed by atoms with E-state index in [1.54, 1.807) is 0 Å². The molecule has 2 fully saturated rings. The van der Waals surface area contributed by atoms with Crippen LogP contribution in [-0.2, 0) is 37.5 Å². The SMILES string of the molecule is Cp1c2ccccc2c2c(-c3cccc4c(-c5cccc6c5-c5ccccc5C65CCCC5)c5cccc(-c6cccc7c6c6ccccc6p7C)c5cc34)cccc21.Cp1c2ccccc2c2cccc(-c3cccc4c(-c5cccc6c5-c5ccccc5C65CCCC5)c5cccc(-c6cccc7c8ccccc8p(C)c67)c5cc34)c21. The summed E-state index contributed by atoms with van der Waals surface area (Å²) in [7, 11) is -1.82. The van der Waals surface area contributed by atoms with Crippen molar-refractivity contribution in [3.8, 4) is 89.0 Å². The van der Waals surface area contributed by atoms with Gasteiger partial charge >= 0.3 is 0 Å². The Kier molecular flexibility index (Phi) is 15.5. The Labute approximate surface area is 692 Å². The molecule has 26 rings (SSSR count). The Balaban J connectivity index is 0.000000131. The van der Waals surface area contributed by atoms with E-state index in [-0.39, 0.29) is 10.8 Å². The van der Waals surface area contributed by atoms with E-state index in [4.69, 9.17) is 0 Å². The highest BCUT2D eigenvalue weighted by Crippen LogP contribution is 2.64. The van der Waals surface area contributed by atoms with Crippen LogP contribution in [0.15, 0.2) is 340 Å². The summed E-state index contributed by atoms with van der Waals surface area (Å²) in [5.74, 6) is 0. The molecule has 560 valence electrons. The molecule has 0 N–H and O–H groups in total. The predicted molar refractivity (Wildman–Crippen MR) is 520 cm³/mol. The van der Waals surface area contributed by atoms with Gasteiger partial charge in [-0.2, -0.15) is 0 Å².